The van der Waals surface area contributed by atoms with Crippen LogP contribution in [0.5, 0.6) is 0 Å². The maximum absolute atomic E-state index is 5.19. The average molecular weight is 153 g/mol. The van der Waals surface area contributed by atoms with E-state index >= 15 is 0 Å². The average Bonchev–Trinajstić information content (AvgIpc) is 2.04. The first-order valence-corrected chi connectivity index (χ1v) is 3.56. The van der Waals surface area contributed by atoms with Crippen LogP contribution in [0.1, 0.15) is 6.92 Å². The molecule has 0 aliphatic carbocycles. The van der Waals surface area contributed by atoms with Crippen LogP contribution in [0.2, 0.25) is 0 Å². The van der Waals surface area contributed by atoms with Gasteiger partial charge in [-0.15, -0.1) is 12.3 Å². The van der Waals surface area contributed by atoms with E-state index in [1.54, 1.807) is 6.08 Å². The van der Waals surface area contributed by atoms with Crippen molar-refractivity contribution in [3.05, 3.63) is 30.5 Å². The van der Waals surface area contributed by atoms with Gasteiger partial charge in [-0.25, -0.2) is 0 Å². The van der Waals surface area contributed by atoms with Crippen LogP contribution in [0.3, 0.4) is 0 Å². The Balaban J connectivity index is 3.14. The van der Waals surface area contributed by atoms with Gasteiger partial charge in [0.05, 0.1) is 13.3 Å². The van der Waals surface area contributed by atoms with Gasteiger partial charge < -0.3 is 4.74 Å². The van der Waals surface area contributed by atoms with Crippen LogP contribution in [-0.4, -0.2) is 19.9 Å². The van der Waals surface area contributed by atoms with Crippen LogP contribution in [0.15, 0.2) is 30.5 Å². The molecule has 0 aromatic heterocycles. The van der Waals surface area contributed by atoms with Crippen LogP contribution < -0.4 is 5.32 Å². The smallest absolute Gasteiger partial charge is 0.0972 e. The lowest BCUT2D eigenvalue weighted by Crippen LogP contribution is -2.18. The first-order chi connectivity index (χ1) is 5.31. The highest BCUT2D eigenvalue weighted by Crippen LogP contribution is 1.87. The molecule has 0 radical (unpaired) electrons. The first-order valence-electron chi connectivity index (χ1n) is 3.56. The fourth-order valence-electron chi connectivity index (χ4n) is 0.488. The Morgan fingerprint density at radius 2 is 2.45 bits per heavy atom. The Kier molecular flexibility index (Phi) is 6.75. The summed E-state index contributed by atoms with van der Waals surface area (Å²) in [7, 11) is 0. The molecule has 0 aromatic rings. The Hall–Kier alpha value is -0.820. The lowest BCUT2D eigenvalue weighted by atomic mass is 10.4. The van der Waals surface area contributed by atoms with Crippen LogP contribution in [0.4, 0.5) is 0 Å². The normalized spacial score (nSPS) is 8.82. The van der Waals surface area contributed by atoms with Gasteiger partial charge in [-0.05, 0) is 12.5 Å². The van der Waals surface area contributed by atoms with Gasteiger partial charge in [-0.2, -0.15) is 0 Å². The number of ether oxygens (including phenoxy) is 1. The van der Waals surface area contributed by atoms with E-state index in [0.29, 0.717) is 13.3 Å². The highest BCUT2D eigenvalue weighted by Gasteiger charge is 1.86. The number of rotatable bonds is 6. The number of hydrogen-bond donors (Lipinski definition) is 1. The maximum atomic E-state index is 5.19. The molecule has 62 valence electrons. The Morgan fingerprint density at radius 1 is 1.73 bits per heavy atom. The summed E-state index contributed by atoms with van der Waals surface area (Å²) >= 11 is 0. The second-order valence-electron chi connectivity index (χ2n) is 2.19. The molecule has 0 atom stereocenters. The molecule has 0 spiro atoms. The van der Waals surface area contributed by atoms with E-state index in [0.717, 1.165) is 12.1 Å². The molecule has 0 aromatic carbocycles. The van der Waals surface area contributed by atoms with Crippen molar-refractivity contribution in [2.24, 2.45) is 0 Å². The minimum absolute atomic E-state index is 0.547. The van der Waals surface area contributed by atoms with E-state index in [2.05, 4.69) is 24.2 Å². The van der Waals surface area contributed by atoms with E-state index in [4.69, 9.17) is 4.74 Å². The molecule has 0 unspecified atom stereocenters. The van der Waals surface area contributed by atoms with Gasteiger partial charge in [-0.1, -0.05) is 12.7 Å². The Bertz CT molecular complexity index is 157. The van der Waals surface area contributed by atoms with Gasteiger partial charge in [0.1, 0.15) is 0 Å². The van der Waals surface area contributed by atoms with Gasteiger partial charge in [0.2, 0.25) is 0 Å². The molecule has 1 N–H and O–H groups in total. The molecule has 2 nitrogen and oxygen atoms in total. The van der Waals surface area contributed by atoms with Crippen molar-refractivity contribution in [2.75, 3.05) is 19.9 Å². The Morgan fingerprint density at radius 3 is 3.00 bits per heavy atom. The summed E-state index contributed by atoms with van der Waals surface area (Å²) < 4.78 is 5.19. The second kappa shape index (κ2) is 7.29. The van der Waals surface area contributed by atoms with Crippen molar-refractivity contribution < 1.29 is 4.74 Å². The zero-order valence-electron chi connectivity index (χ0n) is 7.02. The van der Waals surface area contributed by atoms with Gasteiger partial charge in [0, 0.05) is 6.54 Å². The zero-order chi connectivity index (χ0) is 8.53. The third-order valence-electron chi connectivity index (χ3n) is 1.11. The molecule has 0 bridgehead atoms. The van der Waals surface area contributed by atoms with Crippen molar-refractivity contribution in [1.82, 2.24) is 5.32 Å². The quantitative estimate of drug-likeness (QED) is 0.270. The van der Waals surface area contributed by atoms with Gasteiger partial charge in [0.15, 0.2) is 0 Å². The van der Waals surface area contributed by atoms with Crippen molar-refractivity contribution in [1.29, 1.82) is 0 Å². The minimum Gasteiger partial charge on any atom is -0.361 e. The molecular formula is C9H15NO. The van der Waals surface area contributed by atoms with Crippen LogP contribution in [0.25, 0.3) is 0 Å². The molecule has 0 aliphatic heterocycles. The van der Waals surface area contributed by atoms with Crippen molar-refractivity contribution in [3.8, 4) is 0 Å². The molecule has 11 heavy (non-hydrogen) atoms. The third kappa shape index (κ3) is 7.07. The summed E-state index contributed by atoms with van der Waals surface area (Å²) in [5, 5.41) is 3.01. The van der Waals surface area contributed by atoms with E-state index in [1.807, 2.05) is 6.92 Å². The molecule has 0 fully saturated rings. The lowest BCUT2D eigenvalue weighted by Gasteiger charge is -2.02. The molecular weight excluding hydrogens is 138 g/mol. The first kappa shape index (κ1) is 10.2. The third-order valence-corrected chi connectivity index (χ3v) is 1.11. The van der Waals surface area contributed by atoms with Crippen molar-refractivity contribution in [2.45, 2.75) is 6.92 Å². The fourth-order valence-corrected chi connectivity index (χ4v) is 0.488. The summed E-state index contributed by atoms with van der Waals surface area (Å²) in [6.07, 6.45) is 1.79. The molecule has 2 heteroatoms. The lowest BCUT2D eigenvalue weighted by molar-refractivity contribution is 0.140. The van der Waals surface area contributed by atoms with Crippen LogP contribution >= 0.6 is 0 Å². The van der Waals surface area contributed by atoms with Crippen LogP contribution in [0, 0.1) is 0 Å². The standard InChI is InChI=1S/C9H15NO/c1-4-6-10-8-11-7-9(3)5-2/h4,10H,1-2,6-8H2,3H3. The predicted molar refractivity (Wildman–Crippen MR) is 47.3 cm³/mol. The predicted octanol–water partition coefficient (Wildman–Crippen LogP) is 1.47. The van der Waals surface area contributed by atoms with Crippen molar-refractivity contribution >= 4 is 0 Å². The van der Waals surface area contributed by atoms with Crippen molar-refractivity contribution in [3.63, 3.8) is 0 Å². The summed E-state index contributed by atoms with van der Waals surface area (Å²) in [6, 6.07) is 0. The van der Waals surface area contributed by atoms with Crippen LogP contribution in [-0.2, 0) is 4.74 Å². The SMILES string of the molecule is C=C=C(C)COCNCC=C. The monoisotopic (exact) mass is 153 g/mol. The molecule has 0 saturated carbocycles. The van der Waals surface area contributed by atoms with E-state index in [9.17, 15) is 0 Å². The summed E-state index contributed by atoms with van der Waals surface area (Å²) in [6.45, 7) is 10.9. The summed E-state index contributed by atoms with van der Waals surface area (Å²) in [4.78, 5) is 0. The Labute approximate surface area is 68.3 Å². The molecule has 0 aliphatic rings. The van der Waals surface area contributed by atoms with E-state index < -0.39 is 0 Å². The highest BCUT2D eigenvalue weighted by molar-refractivity contribution is 4.93. The highest BCUT2D eigenvalue weighted by atomic mass is 16.5. The minimum atomic E-state index is 0.547. The topological polar surface area (TPSA) is 21.3 Å². The largest absolute Gasteiger partial charge is 0.361 e. The van der Waals surface area contributed by atoms with E-state index in [1.165, 1.54) is 0 Å². The summed E-state index contributed by atoms with van der Waals surface area (Å²) in [5.74, 6) is 0. The number of nitrogens with one attached hydrogen (secondary N) is 1. The van der Waals surface area contributed by atoms with Gasteiger partial charge in [-0.3, -0.25) is 5.32 Å². The molecule has 0 saturated heterocycles. The van der Waals surface area contributed by atoms with Gasteiger partial charge in [0.25, 0.3) is 0 Å². The summed E-state index contributed by atoms with van der Waals surface area (Å²) in [5.41, 5.74) is 3.77. The van der Waals surface area contributed by atoms with E-state index in [-0.39, 0.29) is 0 Å². The fraction of sp³-hybridized carbons (Fsp3) is 0.444. The molecule has 0 heterocycles. The number of hydrogen-bond acceptors (Lipinski definition) is 2. The second-order valence-corrected chi connectivity index (χ2v) is 2.19. The zero-order valence-corrected chi connectivity index (χ0v) is 7.02. The molecule has 0 rings (SSSR count). The maximum Gasteiger partial charge on any atom is 0.0972 e. The molecule has 0 amide bonds. The van der Waals surface area contributed by atoms with Gasteiger partial charge >= 0.3 is 0 Å².